The lowest BCUT2D eigenvalue weighted by Crippen LogP contribution is -2.49. The number of aliphatic imine (C=N–C) groups is 1. The molecule has 1 saturated heterocycles. The van der Waals surface area contributed by atoms with Gasteiger partial charge in [-0.2, -0.15) is 5.10 Å². The molecule has 0 aromatic carbocycles. The highest BCUT2D eigenvalue weighted by molar-refractivity contribution is 14.0. The van der Waals surface area contributed by atoms with Crippen molar-refractivity contribution in [3.05, 3.63) is 17.5 Å². The van der Waals surface area contributed by atoms with Gasteiger partial charge in [0.1, 0.15) is 0 Å². The fraction of sp³-hybridized carbons (Fsp3) is 0.737. The maximum Gasteiger partial charge on any atom is 0.409 e. The summed E-state index contributed by atoms with van der Waals surface area (Å²) in [5.74, 6) is 0.848. The van der Waals surface area contributed by atoms with Gasteiger partial charge in [0.25, 0.3) is 0 Å². The van der Waals surface area contributed by atoms with Gasteiger partial charge in [0.15, 0.2) is 5.96 Å². The van der Waals surface area contributed by atoms with Crippen LogP contribution in [0.15, 0.2) is 11.1 Å². The third-order valence-corrected chi connectivity index (χ3v) is 4.61. The molecule has 2 rings (SSSR count). The van der Waals surface area contributed by atoms with E-state index in [1.807, 2.05) is 18.5 Å². The molecule has 1 aliphatic heterocycles. The van der Waals surface area contributed by atoms with E-state index in [2.05, 4.69) is 35.6 Å². The predicted molar refractivity (Wildman–Crippen MR) is 122 cm³/mol. The van der Waals surface area contributed by atoms with E-state index in [4.69, 9.17) is 9.73 Å². The largest absolute Gasteiger partial charge is 0.450 e. The van der Waals surface area contributed by atoms with Gasteiger partial charge in [0.05, 0.1) is 12.3 Å². The highest BCUT2D eigenvalue weighted by Crippen LogP contribution is 2.11. The minimum Gasteiger partial charge on any atom is -0.450 e. The number of aryl methyl sites for hydroxylation is 3. The van der Waals surface area contributed by atoms with Crippen LogP contribution in [0.1, 0.15) is 44.5 Å². The molecule has 2 heterocycles. The molecule has 0 bridgehead atoms. The van der Waals surface area contributed by atoms with E-state index in [0.717, 1.165) is 50.6 Å². The fourth-order valence-corrected chi connectivity index (χ4v) is 3.25. The van der Waals surface area contributed by atoms with Crippen LogP contribution < -0.4 is 10.6 Å². The molecule has 9 heteroatoms. The second-order valence-corrected chi connectivity index (χ2v) is 6.87. The molecule has 0 spiro atoms. The number of guanidine groups is 1. The Labute approximate surface area is 185 Å². The van der Waals surface area contributed by atoms with Crippen LogP contribution in [-0.4, -0.2) is 65.6 Å². The lowest BCUT2D eigenvalue weighted by Gasteiger charge is -2.32. The quantitative estimate of drug-likeness (QED) is 0.257. The van der Waals surface area contributed by atoms with Crippen LogP contribution in [0.4, 0.5) is 4.79 Å². The number of piperidine rings is 1. The molecule has 1 aromatic rings. The summed E-state index contributed by atoms with van der Waals surface area (Å²) < 4.78 is 7.11. The summed E-state index contributed by atoms with van der Waals surface area (Å²) in [6.07, 6.45) is 2.53. The Morgan fingerprint density at radius 3 is 2.61 bits per heavy atom. The number of nitrogens with one attached hydrogen (secondary N) is 2. The van der Waals surface area contributed by atoms with Crippen molar-refractivity contribution in [1.82, 2.24) is 25.3 Å². The highest BCUT2D eigenvalue weighted by Gasteiger charge is 2.23. The van der Waals surface area contributed by atoms with Gasteiger partial charge in [0.2, 0.25) is 0 Å². The predicted octanol–water partition coefficient (Wildman–Crippen LogP) is 2.68. The van der Waals surface area contributed by atoms with Crippen molar-refractivity contribution in [2.24, 2.45) is 4.99 Å². The molecule has 0 radical (unpaired) electrons. The highest BCUT2D eigenvalue weighted by atomic mass is 127. The summed E-state index contributed by atoms with van der Waals surface area (Å²) in [4.78, 5) is 18.3. The van der Waals surface area contributed by atoms with Crippen molar-refractivity contribution in [1.29, 1.82) is 0 Å². The number of halogens is 1. The maximum atomic E-state index is 11.8. The third kappa shape index (κ3) is 7.84. The van der Waals surface area contributed by atoms with Gasteiger partial charge >= 0.3 is 6.09 Å². The van der Waals surface area contributed by atoms with E-state index in [-0.39, 0.29) is 30.1 Å². The first-order chi connectivity index (χ1) is 13.0. The summed E-state index contributed by atoms with van der Waals surface area (Å²) in [7, 11) is 0. The summed E-state index contributed by atoms with van der Waals surface area (Å²) in [6, 6.07) is 2.42. The minimum atomic E-state index is -0.208. The molecular formula is C19H35IN6O2. The molecule has 1 aliphatic rings. The first kappa shape index (κ1) is 24.5. The second-order valence-electron chi connectivity index (χ2n) is 6.87. The van der Waals surface area contributed by atoms with Crippen LogP contribution in [0.2, 0.25) is 0 Å². The van der Waals surface area contributed by atoms with E-state index in [1.54, 1.807) is 4.90 Å². The van der Waals surface area contributed by atoms with Gasteiger partial charge in [-0.05, 0) is 53.0 Å². The SMILES string of the molecule is CCNC(=NCCCn1nc(C)cc1C)NC1CCN(C(=O)OCC)CC1.I. The van der Waals surface area contributed by atoms with Crippen molar-refractivity contribution in [2.45, 2.75) is 59.5 Å². The first-order valence-electron chi connectivity index (χ1n) is 10.0. The van der Waals surface area contributed by atoms with Crippen LogP contribution in [0.5, 0.6) is 0 Å². The van der Waals surface area contributed by atoms with Crippen molar-refractivity contribution in [3.63, 3.8) is 0 Å². The fourth-order valence-electron chi connectivity index (χ4n) is 3.25. The second kappa shape index (κ2) is 12.8. The van der Waals surface area contributed by atoms with Crippen molar-refractivity contribution in [2.75, 3.05) is 32.8 Å². The number of likely N-dealkylation sites (tertiary alicyclic amines) is 1. The van der Waals surface area contributed by atoms with E-state index >= 15 is 0 Å². The molecule has 2 N–H and O–H groups in total. The van der Waals surface area contributed by atoms with E-state index < -0.39 is 0 Å². The number of hydrogen-bond donors (Lipinski definition) is 2. The average molecular weight is 506 g/mol. The normalized spacial score (nSPS) is 15.1. The van der Waals surface area contributed by atoms with E-state index in [9.17, 15) is 4.79 Å². The summed E-state index contributed by atoms with van der Waals surface area (Å²) >= 11 is 0. The first-order valence-corrected chi connectivity index (χ1v) is 10.0. The zero-order valence-electron chi connectivity index (χ0n) is 17.5. The Hall–Kier alpha value is -1.52. The molecule has 1 fully saturated rings. The van der Waals surface area contributed by atoms with Gasteiger partial charge in [-0.15, -0.1) is 24.0 Å². The Bertz CT molecular complexity index is 626. The van der Waals surface area contributed by atoms with Gasteiger partial charge in [0, 0.05) is 44.5 Å². The maximum absolute atomic E-state index is 11.8. The topological polar surface area (TPSA) is 83.8 Å². The molecule has 0 unspecified atom stereocenters. The van der Waals surface area contributed by atoms with Crippen molar-refractivity contribution in [3.8, 4) is 0 Å². The molecule has 0 atom stereocenters. The molecule has 160 valence electrons. The monoisotopic (exact) mass is 506 g/mol. The number of aromatic nitrogens is 2. The molecule has 1 amide bonds. The molecule has 0 aliphatic carbocycles. The lowest BCUT2D eigenvalue weighted by atomic mass is 10.1. The smallest absolute Gasteiger partial charge is 0.409 e. The van der Waals surface area contributed by atoms with Gasteiger partial charge in [-0.25, -0.2) is 4.79 Å². The zero-order valence-corrected chi connectivity index (χ0v) is 19.9. The number of carbonyl (C=O) groups is 1. The van der Waals surface area contributed by atoms with Crippen LogP contribution in [0.3, 0.4) is 0 Å². The Morgan fingerprint density at radius 2 is 2.04 bits per heavy atom. The average Bonchev–Trinajstić information content (AvgIpc) is 2.97. The molecule has 8 nitrogen and oxygen atoms in total. The summed E-state index contributed by atoms with van der Waals surface area (Å²) in [5, 5.41) is 11.3. The van der Waals surface area contributed by atoms with E-state index in [0.29, 0.717) is 25.7 Å². The lowest BCUT2D eigenvalue weighted by molar-refractivity contribution is 0.0963. The van der Waals surface area contributed by atoms with Crippen LogP contribution in [-0.2, 0) is 11.3 Å². The number of hydrogen-bond acceptors (Lipinski definition) is 4. The number of carbonyl (C=O) groups excluding carboxylic acids is 1. The van der Waals surface area contributed by atoms with Crippen LogP contribution >= 0.6 is 24.0 Å². The van der Waals surface area contributed by atoms with E-state index in [1.165, 1.54) is 5.69 Å². The van der Waals surface area contributed by atoms with Crippen molar-refractivity contribution < 1.29 is 9.53 Å². The molecule has 28 heavy (non-hydrogen) atoms. The van der Waals surface area contributed by atoms with Gasteiger partial charge < -0.3 is 20.3 Å². The number of nitrogens with zero attached hydrogens (tertiary/aromatic N) is 4. The van der Waals surface area contributed by atoms with Crippen LogP contribution in [0, 0.1) is 13.8 Å². The molecular weight excluding hydrogens is 471 g/mol. The van der Waals surface area contributed by atoms with Crippen molar-refractivity contribution >= 4 is 36.0 Å². The Morgan fingerprint density at radius 1 is 1.32 bits per heavy atom. The Balaban J connectivity index is 0.00000392. The summed E-state index contributed by atoms with van der Waals surface area (Å²) in [5.41, 5.74) is 2.25. The number of ether oxygens (including phenoxy) is 1. The van der Waals surface area contributed by atoms with Gasteiger partial charge in [-0.3, -0.25) is 9.67 Å². The Kier molecular flexibility index (Phi) is 11.2. The standard InChI is InChI=1S/C19H34N6O2.HI/c1-5-20-18(21-10-7-11-25-16(4)14-15(3)23-25)22-17-8-12-24(13-9-17)19(26)27-6-2;/h14,17H,5-13H2,1-4H3,(H2,20,21,22);1H. The zero-order chi connectivity index (χ0) is 19.6. The number of rotatable bonds is 7. The molecule has 1 aromatic heterocycles. The third-order valence-electron chi connectivity index (χ3n) is 4.61. The summed E-state index contributed by atoms with van der Waals surface area (Å²) in [6.45, 7) is 12.3. The minimum absolute atomic E-state index is 0. The number of amides is 1. The molecule has 0 saturated carbocycles. The van der Waals surface area contributed by atoms with Crippen LogP contribution in [0.25, 0.3) is 0 Å². The van der Waals surface area contributed by atoms with Gasteiger partial charge in [-0.1, -0.05) is 0 Å².